The Hall–Kier alpha value is -7.10. The van der Waals surface area contributed by atoms with Crippen LogP contribution in [-0.4, -0.2) is 9.97 Å². The predicted octanol–water partition coefficient (Wildman–Crippen LogP) is 12.8. The van der Waals surface area contributed by atoms with Crippen molar-refractivity contribution in [3.8, 4) is 67.5 Å². The van der Waals surface area contributed by atoms with Crippen LogP contribution in [0, 0.1) is 0 Å². The van der Waals surface area contributed by atoms with Gasteiger partial charge in [0, 0.05) is 33.2 Å². The molecule has 0 unspecified atom stereocenters. The zero-order valence-corrected chi connectivity index (χ0v) is 29.3. The number of para-hydroxylation sites is 3. The van der Waals surface area contributed by atoms with E-state index in [1.807, 2.05) is 18.2 Å². The second-order valence-electron chi connectivity index (χ2n) is 14.0. The van der Waals surface area contributed by atoms with E-state index in [-0.39, 0.29) is 0 Å². The Bertz CT molecular complexity index is 2870. The Morgan fingerprint density at radius 1 is 0.352 bits per heavy atom. The Morgan fingerprint density at radius 3 is 1.63 bits per heavy atom. The van der Waals surface area contributed by atoms with E-state index in [9.17, 15) is 0 Å². The maximum Gasteiger partial charge on any atom is 0.161 e. The zero-order chi connectivity index (χ0) is 35.6. The number of fused-ring (bicyclic) bond motifs is 10. The normalized spacial score (nSPS) is 13.1. The summed E-state index contributed by atoms with van der Waals surface area (Å²) in [5, 5.41) is 1.04. The average Bonchev–Trinajstić information content (AvgIpc) is 3.54. The van der Waals surface area contributed by atoms with Crippen LogP contribution < -0.4 is 4.74 Å². The van der Waals surface area contributed by atoms with Crippen molar-refractivity contribution in [2.24, 2.45) is 0 Å². The summed E-state index contributed by atoms with van der Waals surface area (Å²) < 4.78 is 6.94. The predicted molar refractivity (Wildman–Crippen MR) is 219 cm³/mol. The van der Waals surface area contributed by atoms with Gasteiger partial charge in [0.2, 0.25) is 0 Å². The van der Waals surface area contributed by atoms with Gasteiger partial charge in [-0.3, -0.25) is 0 Å². The van der Waals surface area contributed by atoms with E-state index in [4.69, 9.17) is 14.7 Å². The maximum atomic E-state index is 6.94. The Labute approximate surface area is 313 Å². The second-order valence-corrected chi connectivity index (χ2v) is 14.0. The van der Waals surface area contributed by atoms with Gasteiger partial charge >= 0.3 is 0 Å². The van der Waals surface area contributed by atoms with Crippen molar-refractivity contribution in [1.82, 2.24) is 9.97 Å². The summed E-state index contributed by atoms with van der Waals surface area (Å²) in [5.41, 5.74) is 15.2. The second kappa shape index (κ2) is 12.0. The summed E-state index contributed by atoms with van der Waals surface area (Å²) in [4.78, 5) is 10.3. The molecule has 1 aliphatic carbocycles. The van der Waals surface area contributed by atoms with Gasteiger partial charge < -0.3 is 4.74 Å². The van der Waals surface area contributed by atoms with Crippen LogP contribution >= 0.6 is 0 Å². The minimum Gasteiger partial charge on any atom is -0.456 e. The molecule has 0 saturated heterocycles. The minimum atomic E-state index is -0.495. The van der Waals surface area contributed by atoms with E-state index < -0.39 is 5.41 Å². The highest BCUT2D eigenvalue weighted by Crippen LogP contribution is 2.63. The lowest BCUT2D eigenvalue weighted by Crippen LogP contribution is -2.32. The van der Waals surface area contributed by atoms with Gasteiger partial charge in [-0.25, -0.2) is 9.97 Å². The molecule has 0 fully saturated rings. The summed E-state index contributed by atoms with van der Waals surface area (Å²) in [6, 6.07) is 68.8. The Kier molecular flexibility index (Phi) is 6.77. The fourth-order valence-corrected chi connectivity index (χ4v) is 8.88. The number of hydrogen-bond donors (Lipinski definition) is 0. The van der Waals surface area contributed by atoms with Crippen molar-refractivity contribution in [3.05, 3.63) is 216 Å². The molecule has 252 valence electrons. The average molecular weight is 689 g/mol. The number of ether oxygens (including phenoxy) is 1. The molecule has 54 heavy (non-hydrogen) atoms. The molecule has 11 rings (SSSR count). The highest BCUT2D eigenvalue weighted by Gasteiger charge is 2.51. The lowest BCUT2D eigenvalue weighted by atomic mass is 9.65. The molecule has 0 bridgehead atoms. The first-order valence-corrected chi connectivity index (χ1v) is 18.4. The van der Waals surface area contributed by atoms with Crippen LogP contribution in [-0.2, 0) is 5.41 Å². The number of benzene rings is 8. The fourth-order valence-electron chi connectivity index (χ4n) is 8.88. The monoisotopic (exact) mass is 688 g/mol. The molecular formula is C51H32N2O. The number of nitrogens with zero attached hydrogens (tertiary/aromatic N) is 2. The first kappa shape index (κ1) is 30.5. The molecular weight excluding hydrogens is 657 g/mol. The van der Waals surface area contributed by atoms with Gasteiger partial charge in [-0.2, -0.15) is 0 Å². The molecule has 9 aromatic rings. The van der Waals surface area contributed by atoms with Gasteiger partial charge in [-0.15, -0.1) is 0 Å². The molecule has 0 amide bonds. The van der Waals surface area contributed by atoms with Crippen molar-refractivity contribution in [2.75, 3.05) is 0 Å². The quantitative estimate of drug-likeness (QED) is 0.185. The number of rotatable bonds is 4. The first-order chi connectivity index (χ1) is 26.8. The van der Waals surface area contributed by atoms with E-state index in [2.05, 4.69) is 176 Å². The minimum absolute atomic E-state index is 0.495. The van der Waals surface area contributed by atoms with E-state index in [1.165, 1.54) is 27.8 Å². The van der Waals surface area contributed by atoms with Crippen molar-refractivity contribution in [3.63, 3.8) is 0 Å². The summed E-state index contributed by atoms with van der Waals surface area (Å²) in [7, 11) is 0. The van der Waals surface area contributed by atoms with Crippen LogP contribution in [0.1, 0.15) is 22.3 Å². The standard InChI is InChI=1S/C51H32N2O/c1-2-15-35(16-3-1)48-41-21-8-12-27-46(41)52-50(53-48)40-20-5-4-17-36(40)33-29-31-34(32-30-33)37-22-14-26-45-49(37)54-47-28-13-11-25-44(47)51(45)42-23-9-6-18-38(42)39-19-7-10-24-43(39)51/h1-32H. The third kappa shape index (κ3) is 4.42. The summed E-state index contributed by atoms with van der Waals surface area (Å²) in [6.07, 6.45) is 0. The largest absolute Gasteiger partial charge is 0.456 e. The van der Waals surface area contributed by atoms with E-state index in [1.54, 1.807) is 0 Å². The molecule has 2 heterocycles. The Balaban J connectivity index is 1.05. The van der Waals surface area contributed by atoms with Gasteiger partial charge in [-0.05, 0) is 51.1 Å². The van der Waals surface area contributed by atoms with E-state index >= 15 is 0 Å². The van der Waals surface area contributed by atoms with Gasteiger partial charge in [0.1, 0.15) is 11.5 Å². The molecule has 3 heteroatoms. The van der Waals surface area contributed by atoms with Gasteiger partial charge in [0.05, 0.1) is 16.6 Å². The fraction of sp³-hybridized carbons (Fsp3) is 0.0196. The lowest BCUT2D eigenvalue weighted by Gasteiger charge is -2.40. The highest BCUT2D eigenvalue weighted by molar-refractivity contribution is 5.95. The Morgan fingerprint density at radius 2 is 0.889 bits per heavy atom. The van der Waals surface area contributed by atoms with E-state index in [0.29, 0.717) is 5.82 Å². The number of hydrogen-bond acceptors (Lipinski definition) is 3. The molecule has 0 radical (unpaired) electrons. The van der Waals surface area contributed by atoms with Crippen LogP contribution in [0.2, 0.25) is 0 Å². The van der Waals surface area contributed by atoms with Gasteiger partial charge in [-0.1, -0.05) is 182 Å². The van der Waals surface area contributed by atoms with Crippen LogP contribution in [0.3, 0.4) is 0 Å². The molecule has 1 spiro atoms. The van der Waals surface area contributed by atoms with Crippen molar-refractivity contribution in [2.45, 2.75) is 5.41 Å². The first-order valence-electron chi connectivity index (χ1n) is 18.4. The SMILES string of the molecule is c1ccc(-c2nc(-c3ccccc3-c3ccc(-c4cccc5c4Oc4ccccc4C54c5ccccc5-c5ccccc54)cc3)nc3ccccc23)cc1. The molecule has 0 saturated carbocycles. The molecule has 0 atom stereocenters. The van der Waals surface area contributed by atoms with Crippen LogP contribution in [0.4, 0.5) is 0 Å². The third-order valence-electron chi connectivity index (χ3n) is 11.2. The van der Waals surface area contributed by atoms with Crippen LogP contribution in [0.5, 0.6) is 11.5 Å². The van der Waals surface area contributed by atoms with Crippen LogP contribution in [0.15, 0.2) is 194 Å². The maximum absolute atomic E-state index is 6.94. The lowest BCUT2D eigenvalue weighted by molar-refractivity contribution is 0.438. The summed E-state index contributed by atoms with van der Waals surface area (Å²) >= 11 is 0. The molecule has 0 N–H and O–H groups in total. The summed E-state index contributed by atoms with van der Waals surface area (Å²) in [6.45, 7) is 0. The number of aromatic nitrogens is 2. The van der Waals surface area contributed by atoms with Crippen molar-refractivity contribution in [1.29, 1.82) is 0 Å². The summed E-state index contributed by atoms with van der Waals surface area (Å²) in [5.74, 6) is 2.49. The van der Waals surface area contributed by atoms with Crippen molar-refractivity contribution < 1.29 is 4.74 Å². The third-order valence-corrected chi connectivity index (χ3v) is 11.2. The van der Waals surface area contributed by atoms with E-state index in [0.717, 1.165) is 67.0 Å². The zero-order valence-electron chi connectivity index (χ0n) is 29.3. The van der Waals surface area contributed by atoms with Gasteiger partial charge in [0.15, 0.2) is 5.82 Å². The molecule has 2 aliphatic rings. The van der Waals surface area contributed by atoms with Gasteiger partial charge in [0.25, 0.3) is 0 Å². The smallest absolute Gasteiger partial charge is 0.161 e. The molecule has 1 aliphatic heterocycles. The topological polar surface area (TPSA) is 35.0 Å². The molecule has 3 nitrogen and oxygen atoms in total. The van der Waals surface area contributed by atoms with Crippen LogP contribution in [0.25, 0.3) is 66.9 Å². The highest BCUT2D eigenvalue weighted by atomic mass is 16.5. The molecule has 1 aromatic heterocycles. The van der Waals surface area contributed by atoms with Crippen molar-refractivity contribution >= 4 is 10.9 Å². The molecule has 8 aromatic carbocycles.